The van der Waals surface area contributed by atoms with E-state index in [1.807, 2.05) is 30.7 Å². The number of nitrogens with zero attached hydrogens (tertiary/aromatic N) is 3. The summed E-state index contributed by atoms with van der Waals surface area (Å²) in [7, 11) is 0. The predicted octanol–water partition coefficient (Wildman–Crippen LogP) is 4.68. The molecule has 5 heteroatoms. The number of aliphatic imine (C=N–C) groups is 1. The van der Waals surface area contributed by atoms with E-state index in [0.717, 1.165) is 40.5 Å². The Kier molecular flexibility index (Phi) is 3.15. The Hall–Kier alpha value is -2.69. The Morgan fingerprint density at radius 3 is 2.65 bits per heavy atom. The summed E-state index contributed by atoms with van der Waals surface area (Å²) in [4.78, 5) is 4.71. The molecule has 0 radical (unpaired) electrons. The van der Waals surface area contributed by atoms with Gasteiger partial charge in [0, 0.05) is 17.7 Å². The maximum absolute atomic E-state index is 13.2. The number of aromatic nitrogens is 2. The molecule has 0 amide bonds. The third-order valence-electron chi connectivity index (χ3n) is 4.15. The van der Waals surface area contributed by atoms with Crippen LogP contribution in [0.5, 0.6) is 0 Å². The van der Waals surface area contributed by atoms with Gasteiger partial charge in [-0.05, 0) is 43.7 Å². The van der Waals surface area contributed by atoms with E-state index in [4.69, 9.17) is 9.41 Å². The first-order valence-electron chi connectivity index (χ1n) is 7.56. The van der Waals surface area contributed by atoms with Crippen LogP contribution in [0.25, 0.3) is 11.1 Å². The highest BCUT2D eigenvalue weighted by atomic mass is 19.1. The fourth-order valence-corrected chi connectivity index (χ4v) is 3.11. The molecule has 3 heterocycles. The van der Waals surface area contributed by atoms with Gasteiger partial charge in [-0.2, -0.15) is 5.10 Å². The molecule has 0 saturated carbocycles. The molecular weight excluding hydrogens is 293 g/mol. The van der Waals surface area contributed by atoms with Crippen LogP contribution in [-0.4, -0.2) is 15.5 Å². The quantitative estimate of drug-likeness (QED) is 0.690. The van der Waals surface area contributed by atoms with Gasteiger partial charge in [0.25, 0.3) is 0 Å². The highest BCUT2D eigenvalue weighted by molar-refractivity contribution is 5.89. The lowest BCUT2D eigenvalue weighted by Gasteiger charge is -2.21. The summed E-state index contributed by atoms with van der Waals surface area (Å²) in [6.45, 7) is 3.96. The van der Waals surface area contributed by atoms with Crippen LogP contribution in [0.15, 0.2) is 52.1 Å². The van der Waals surface area contributed by atoms with Gasteiger partial charge in [0.15, 0.2) is 5.82 Å². The highest BCUT2D eigenvalue weighted by Crippen LogP contribution is 2.40. The van der Waals surface area contributed by atoms with Gasteiger partial charge in [0.1, 0.15) is 17.6 Å². The second kappa shape index (κ2) is 5.19. The topological polar surface area (TPSA) is 43.3 Å². The molecule has 1 atom stereocenters. The molecule has 23 heavy (non-hydrogen) atoms. The van der Waals surface area contributed by atoms with Crippen molar-refractivity contribution in [2.24, 2.45) is 4.99 Å². The van der Waals surface area contributed by atoms with Gasteiger partial charge in [-0.3, -0.25) is 0 Å². The fraction of sp³-hybridized carbons (Fsp3) is 0.222. The summed E-state index contributed by atoms with van der Waals surface area (Å²) < 4.78 is 20.7. The van der Waals surface area contributed by atoms with Crippen molar-refractivity contribution >= 4 is 11.5 Å². The number of hydrogen-bond acceptors (Lipinski definition) is 3. The van der Waals surface area contributed by atoms with Gasteiger partial charge in [-0.15, -0.1) is 0 Å². The summed E-state index contributed by atoms with van der Waals surface area (Å²) >= 11 is 0. The van der Waals surface area contributed by atoms with E-state index in [9.17, 15) is 4.39 Å². The Morgan fingerprint density at radius 1 is 1.17 bits per heavy atom. The van der Waals surface area contributed by atoms with Crippen LogP contribution in [0.4, 0.5) is 10.2 Å². The summed E-state index contributed by atoms with van der Waals surface area (Å²) in [5, 5.41) is 4.68. The van der Waals surface area contributed by atoms with Crippen molar-refractivity contribution in [3.63, 3.8) is 0 Å². The first-order chi connectivity index (χ1) is 11.1. The van der Waals surface area contributed by atoms with E-state index in [-0.39, 0.29) is 11.9 Å². The number of furan rings is 1. The normalized spacial score (nSPS) is 17.0. The number of aryl methyl sites for hydroxylation is 1. The molecule has 0 bridgehead atoms. The molecule has 2 aromatic heterocycles. The largest absolute Gasteiger partial charge is 0.467 e. The van der Waals surface area contributed by atoms with Gasteiger partial charge in [0.05, 0.1) is 12.0 Å². The number of benzene rings is 1. The van der Waals surface area contributed by atoms with Gasteiger partial charge < -0.3 is 4.42 Å². The Balaban J connectivity index is 1.90. The van der Waals surface area contributed by atoms with E-state index in [1.165, 1.54) is 12.1 Å². The zero-order chi connectivity index (χ0) is 16.0. The SMILES string of the molecule is CC1=Nc2c(-c3ccc(F)cc3)c(C)nn2[C@H](c2ccco2)C1. The molecule has 4 rings (SSSR count). The molecule has 1 aromatic carbocycles. The van der Waals surface area contributed by atoms with Crippen LogP contribution in [-0.2, 0) is 0 Å². The number of hydrogen-bond donors (Lipinski definition) is 0. The molecule has 0 aliphatic carbocycles. The number of rotatable bonds is 2. The minimum atomic E-state index is -0.249. The van der Waals surface area contributed by atoms with Crippen molar-refractivity contribution in [1.82, 2.24) is 9.78 Å². The third-order valence-corrected chi connectivity index (χ3v) is 4.15. The highest BCUT2D eigenvalue weighted by Gasteiger charge is 2.29. The van der Waals surface area contributed by atoms with Crippen molar-refractivity contribution in [3.05, 3.63) is 59.9 Å². The molecule has 0 unspecified atom stereocenters. The minimum Gasteiger partial charge on any atom is -0.467 e. The van der Waals surface area contributed by atoms with Gasteiger partial charge >= 0.3 is 0 Å². The average molecular weight is 309 g/mol. The first-order valence-corrected chi connectivity index (χ1v) is 7.56. The zero-order valence-electron chi connectivity index (χ0n) is 13.0. The van der Waals surface area contributed by atoms with Crippen LogP contribution in [0, 0.1) is 12.7 Å². The minimum absolute atomic E-state index is 0.00500. The maximum atomic E-state index is 13.2. The van der Waals surface area contributed by atoms with E-state index < -0.39 is 0 Å². The third kappa shape index (κ3) is 2.29. The molecule has 4 nitrogen and oxygen atoms in total. The van der Waals surface area contributed by atoms with Crippen LogP contribution >= 0.6 is 0 Å². The summed E-state index contributed by atoms with van der Waals surface area (Å²) in [5.74, 6) is 1.42. The van der Waals surface area contributed by atoms with Crippen LogP contribution in [0.3, 0.4) is 0 Å². The number of halogens is 1. The molecule has 1 aliphatic heterocycles. The van der Waals surface area contributed by atoms with Crippen molar-refractivity contribution in [2.45, 2.75) is 26.3 Å². The standard InChI is InChI=1S/C18H16FN3O/c1-11-10-15(16-4-3-9-23-16)22-18(20-11)17(12(2)21-22)13-5-7-14(19)8-6-13/h3-9,15H,10H2,1-2H3/t15-/m0/s1. The first kappa shape index (κ1) is 13.9. The van der Waals surface area contributed by atoms with Gasteiger partial charge in [-0.25, -0.2) is 14.1 Å². The zero-order valence-corrected chi connectivity index (χ0v) is 13.0. The molecule has 3 aromatic rings. The Labute approximate surface area is 133 Å². The van der Waals surface area contributed by atoms with Crippen molar-refractivity contribution in [1.29, 1.82) is 0 Å². The van der Waals surface area contributed by atoms with E-state index in [2.05, 4.69) is 5.10 Å². The Bertz CT molecular complexity index is 876. The monoisotopic (exact) mass is 309 g/mol. The summed E-state index contributed by atoms with van der Waals surface area (Å²) in [5.41, 5.74) is 3.77. The average Bonchev–Trinajstić information content (AvgIpc) is 3.15. The number of fused-ring (bicyclic) bond motifs is 1. The molecular formula is C18H16FN3O. The van der Waals surface area contributed by atoms with Gasteiger partial charge in [0.2, 0.25) is 0 Å². The van der Waals surface area contributed by atoms with Crippen molar-refractivity contribution < 1.29 is 8.81 Å². The van der Waals surface area contributed by atoms with Crippen LogP contribution in [0.1, 0.15) is 30.8 Å². The molecule has 0 saturated heterocycles. The van der Waals surface area contributed by atoms with E-state index in [0.29, 0.717) is 0 Å². The van der Waals surface area contributed by atoms with E-state index in [1.54, 1.807) is 18.4 Å². The smallest absolute Gasteiger partial charge is 0.159 e. The lowest BCUT2D eigenvalue weighted by Crippen LogP contribution is -2.18. The van der Waals surface area contributed by atoms with Crippen molar-refractivity contribution in [2.75, 3.05) is 0 Å². The summed E-state index contributed by atoms with van der Waals surface area (Å²) in [6, 6.07) is 10.3. The molecule has 0 fully saturated rings. The molecule has 0 spiro atoms. The Morgan fingerprint density at radius 2 is 1.96 bits per heavy atom. The predicted molar refractivity (Wildman–Crippen MR) is 86.6 cm³/mol. The van der Waals surface area contributed by atoms with E-state index >= 15 is 0 Å². The van der Waals surface area contributed by atoms with Gasteiger partial charge in [-0.1, -0.05) is 12.1 Å². The lowest BCUT2D eigenvalue weighted by atomic mass is 10.0. The fourth-order valence-electron chi connectivity index (χ4n) is 3.11. The molecule has 1 aliphatic rings. The maximum Gasteiger partial charge on any atom is 0.159 e. The van der Waals surface area contributed by atoms with Crippen LogP contribution < -0.4 is 0 Å². The second-order valence-corrected chi connectivity index (χ2v) is 5.82. The summed E-state index contributed by atoms with van der Waals surface area (Å²) in [6.07, 6.45) is 2.44. The lowest BCUT2D eigenvalue weighted by molar-refractivity contribution is 0.409. The molecule has 116 valence electrons. The molecule has 0 N–H and O–H groups in total. The van der Waals surface area contributed by atoms with Crippen molar-refractivity contribution in [3.8, 4) is 11.1 Å². The second-order valence-electron chi connectivity index (χ2n) is 5.82. The van der Waals surface area contributed by atoms with Crippen LogP contribution in [0.2, 0.25) is 0 Å².